The molecule has 0 fully saturated rings. The van der Waals surface area contributed by atoms with E-state index in [4.69, 9.17) is 4.74 Å². The first-order valence-electron chi connectivity index (χ1n) is 12.1. The fourth-order valence-corrected chi connectivity index (χ4v) is 5.26. The number of carbonyl (C=O) groups is 2. The van der Waals surface area contributed by atoms with E-state index in [0.29, 0.717) is 17.9 Å². The van der Waals surface area contributed by atoms with Crippen molar-refractivity contribution in [2.45, 2.75) is 38.3 Å². The van der Waals surface area contributed by atoms with Crippen molar-refractivity contribution in [3.8, 4) is 5.75 Å². The highest BCUT2D eigenvalue weighted by molar-refractivity contribution is 7.92. The lowest BCUT2D eigenvalue weighted by atomic mass is 10.1. The van der Waals surface area contributed by atoms with Gasteiger partial charge in [-0.25, -0.2) is 12.8 Å². The number of aryl methyl sites for hydroxylation is 1. The van der Waals surface area contributed by atoms with Gasteiger partial charge in [0.05, 0.1) is 17.7 Å². The summed E-state index contributed by atoms with van der Waals surface area (Å²) in [6.07, 6.45) is 0. The highest BCUT2D eigenvalue weighted by Gasteiger charge is 2.33. The summed E-state index contributed by atoms with van der Waals surface area (Å²) in [6.45, 7) is 4.81. The summed E-state index contributed by atoms with van der Waals surface area (Å²) in [4.78, 5) is 27.7. The summed E-state index contributed by atoms with van der Waals surface area (Å²) in [6, 6.07) is 17.5. The summed E-state index contributed by atoms with van der Waals surface area (Å²) in [5, 5.41) is 2.70. The number of amides is 2. The third kappa shape index (κ3) is 6.69. The van der Waals surface area contributed by atoms with E-state index in [-0.39, 0.29) is 17.1 Å². The number of para-hydroxylation sites is 1. The minimum atomic E-state index is -4.33. The molecule has 0 heterocycles. The van der Waals surface area contributed by atoms with Crippen molar-refractivity contribution in [1.29, 1.82) is 0 Å². The van der Waals surface area contributed by atoms with Gasteiger partial charge in [0.25, 0.3) is 10.0 Å². The lowest BCUT2D eigenvalue weighted by molar-refractivity contribution is -0.139. The highest BCUT2D eigenvalue weighted by atomic mass is 32.2. The Morgan fingerprint density at radius 2 is 1.63 bits per heavy atom. The Bertz CT molecular complexity index is 1360. The maximum atomic E-state index is 14.9. The van der Waals surface area contributed by atoms with Crippen LogP contribution in [0.5, 0.6) is 5.75 Å². The number of rotatable bonds is 11. The van der Waals surface area contributed by atoms with E-state index < -0.39 is 40.2 Å². The molecular weight excluding hydrogens is 509 g/mol. The molecule has 8 nitrogen and oxygen atoms in total. The van der Waals surface area contributed by atoms with Crippen LogP contribution < -0.4 is 14.4 Å². The van der Waals surface area contributed by atoms with E-state index in [1.807, 2.05) is 6.92 Å². The fourth-order valence-electron chi connectivity index (χ4n) is 3.84. The minimum Gasteiger partial charge on any atom is -0.497 e. The maximum absolute atomic E-state index is 14.9. The number of carbonyl (C=O) groups excluding carboxylic acids is 2. The van der Waals surface area contributed by atoms with Crippen molar-refractivity contribution < 1.29 is 27.1 Å². The fraction of sp³-hybridized carbons (Fsp3) is 0.286. The molecule has 0 aliphatic carbocycles. The molecule has 38 heavy (non-hydrogen) atoms. The van der Waals surface area contributed by atoms with Gasteiger partial charge in [0.1, 0.15) is 24.2 Å². The Kier molecular flexibility index (Phi) is 9.46. The number of methoxy groups -OCH3 is 1. The van der Waals surface area contributed by atoms with Crippen LogP contribution in [0.1, 0.15) is 25.0 Å². The van der Waals surface area contributed by atoms with Gasteiger partial charge in [0.15, 0.2) is 0 Å². The molecule has 3 aromatic carbocycles. The summed E-state index contributed by atoms with van der Waals surface area (Å²) in [5.74, 6) is -1.24. The number of halogens is 1. The minimum absolute atomic E-state index is 0.0246. The van der Waals surface area contributed by atoms with Gasteiger partial charge in [-0.1, -0.05) is 42.0 Å². The molecule has 0 saturated heterocycles. The van der Waals surface area contributed by atoms with Gasteiger partial charge in [0, 0.05) is 13.1 Å². The first kappa shape index (κ1) is 28.6. The van der Waals surface area contributed by atoms with Crippen molar-refractivity contribution >= 4 is 27.5 Å². The Hall–Kier alpha value is -3.92. The van der Waals surface area contributed by atoms with Crippen molar-refractivity contribution in [3.63, 3.8) is 0 Å². The number of ether oxygens (including phenoxy) is 1. The Labute approximate surface area is 223 Å². The van der Waals surface area contributed by atoms with E-state index in [1.165, 1.54) is 42.3 Å². The molecule has 0 bridgehead atoms. The maximum Gasteiger partial charge on any atom is 0.264 e. The normalized spacial score (nSPS) is 11.9. The van der Waals surface area contributed by atoms with E-state index in [9.17, 15) is 22.4 Å². The summed E-state index contributed by atoms with van der Waals surface area (Å²) in [5.41, 5.74) is 1.28. The number of likely N-dealkylation sites (N-methyl/N-ethyl adjacent to an activating group) is 1. The predicted octanol–water partition coefficient (Wildman–Crippen LogP) is 3.89. The number of hydrogen-bond donors (Lipinski definition) is 1. The van der Waals surface area contributed by atoms with Gasteiger partial charge in [-0.2, -0.15) is 0 Å². The molecule has 1 atom stereocenters. The number of nitrogens with zero attached hydrogens (tertiary/aromatic N) is 2. The Morgan fingerprint density at radius 1 is 1.00 bits per heavy atom. The van der Waals surface area contributed by atoms with Gasteiger partial charge < -0.3 is 15.0 Å². The number of sulfonamides is 1. The zero-order valence-corrected chi connectivity index (χ0v) is 22.7. The first-order valence-corrected chi connectivity index (χ1v) is 13.6. The zero-order valence-electron chi connectivity index (χ0n) is 21.8. The zero-order chi connectivity index (χ0) is 27.9. The third-order valence-corrected chi connectivity index (χ3v) is 7.81. The summed E-state index contributed by atoms with van der Waals surface area (Å²) < 4.78 is 48.2. The lowest BCUT2D eigenvalue weighted by Crippen LogP contribution is -2.51. The van der Waals surface area contributed by atoms with Crippen LogP contribution >= 0.6 is 0 Å². The largest absolute Gasteiger partial charge is 0.497 e. The molecule has 0 aliphatic rings. The van der Waals surface area contributed by atoms with Gasteiger partial charge in [-0.15, -0.1) is 0 Å². The van der Waals surface area contributed by atoms with Crippen LogP contribution in [0.15, 0.2) is 77.7 Å². The molecule has 2 amide bonds. The van der Waals surface area contributed by atoms with Crippen LogP contribution in [0.25, 0.3) is 0 Å². The monoisotopic (exact) mass is 541 g/mol. The third-order valence-electron chi connectivity index (χ3n) is 6.04. The average molecular weight is 542 g/mol. The van der Waals surface area contributed by atoms with Crippen LogP contribution in [-0.2, 0) is 26.2 Å². The van der Waals surface area contributed by atoms with Gasteiger partial charge >= 0.3 is 0 Å². The van der Waals surface area contributed by atoms with E-state index >= 15 is 0 Å². The van der Waals surface area contributed by atoms with E-state index in [1.54, 1.807) is 50.2 Å². The second kappa shape index (κ2) is 12.6. The van der Waals surface area contributed by atoms with Crippen LogP contribution in [0.3, 0.4) is 0 Å². The number of hydrogen-bond acceptors (Lipinski definition) is 5. The number of nitrogens with one attached hydrogen (secondary N) is 1. The smallest absolute Gasteiger partial charge is 0.264 e. The molecule has 1 unspecified atom stereocenters. The molecule has 3 aromatic rings. The Morgan fingerprint density at radius 3 is 2.21 bits per heavy atom. The second-order valence-corrected chi connectivity index (χ2v) is 10.6. The Balaban J connectivity index is 2.03. The SMILES string of the molecule is CCNC(=O)C(C)N(Cc1ccc(OC)cc1)C(=O)CN(c1ccccc1F)S(=O)(=O)c1ccc(C)cc1. The van der Waals surface area contributed by atoms with Crippen molar-refractivity contribution in [1.82, 2.24) is 10.2 Å². The van der Waals surface area contributed by atoms with Gasteiger partial charge in [-0.3, -0.25) is 13.9 Å². The predicted molar refractivity (Wildman–Crippen MR) is 144 cm³/mol. The summed E-state index contributed by atoms with van der Waals surface area (Å²) >= 11 is 0. The van der Waals surface area contributed by atoms with Crippen LogP contribution in [0.2, 0.25) is 0 Å². The molecule has 0 saturated carbocycles. The molecule has 202 valence electrons. The van der Waals surface area contributed by atoms with Crippen molar-refractivity contribution in [2.75, 3.05) is 24.5 Å². The molecule has 10 heteroatoms. The standard InChI is InChI=1S/C28H32FN3O5S/c1-5-30-28(34)21(3)31(18-22-12-14-23(37-4)15-13-22)27(33)19-32(26-9-7-6-8-25(26)29)38(35,36)24-16-10-20(2)11-17-24/h6-17,21H,5,18-19H2,1-4H3,(H,30,34). The molecule has 1 N–H and O–H groups in total. The molecule has 3 rings (SSSR count). The number of anilines is 1. The molecule has 0 aromatic heterocycles. The van der Waals surface area contributed by atoms with Crippen LogP contribution in [-0.4, -0.2) is 51.4 Å². The van der Waals surface area contributed by atoms with Crippen LogP contribution in [0.4, 0.5) is 10.1 Å². The van der Waals surface area contributed by atoms with E-state index in [2.05, 4.69) is 5.32 Å². The topological polar surface area (TPSA) is 96.0 Å². The lowest BCUT2D eigenvalue weighted by Gasteiger charge is -2.32. The second-order valence-electron chi connectivity index (χ2n) is 8.72. The summed E-state index contributed by atoms with van der Waals surface area (Å²) in [7, 11) is -2.80. The van der Waals surface area contributed by atoms with Gasteiger partial charge in [-0.05, 0) is 62.7 Å². The highest BCUT2D eigenvalue weighted by Crippen LogP contribution is 2.27. The quantitative estimate of drug-likeness (QED) is 0.397. The molecule has 0 radical (unpaired) electrons. The van der Waals surface area contributed by atoms with E-state index in [0.717, 1.165) is 15.9 Å². The number of benzene rings is 3. The van der Waals surface area contributed by atoms with Crippen molar-refractivity contribution in [3.05, 3.63) is 89.7 Å². The molecule has 0 aliphatic heterocycles. The molecular formula is C28H32FN3O5S. The van der Waals surface area contributed by atoms with Gasteiger partial charge in [0.2, 0.25) is 11.8 Å². The van der Waals surface area contributed by atoms with Crippen molar-refractivity contribution in [2.24, 2.45) is 0 Å². The molecule has 0 spiro atoms. The average Bonchev–Trinajstić information content (AvgIpc) is 2.91. The van der Waals surface area contributed by atoms with Crippen LogP contribution in [0, 0.1) is 12.7 Å². The first-order chi connectivity index (χ1) is 18.1.